The summed E-state index contributed by atoms with van der Waals surface area (Å²) in [5.41, 5.74) is 1.17. The highest BCUT2D eigenvalue weighted by Gasteiger charge is 2.19. The summed E-state index contributed by atoms with van der Waals surface area (Å²) < 4.78 is 5.43. The van der Waals surface area contributed by atoms with Gasteiger partial charge in [-0.3, -0.25) is 9.69 Å². The van der Waals surface area contributed by atoms with Crippen LogP contribution in [0.2, 0.25) is 0 Å². The Kier molecular flexibility index (Phi) is 7.03. The average molecular weight is 359 g/mol. The van der Waals surface area contributed by atoms with Crippen LogP contribution in [0.1, 0.15) is 29.3 Å². The van der Waals surface area contributed by atoms with Gasteiger partial charge in [-0.2, -0.15) is 0 Å². The van der Waals surface area contributed by atoms with Crippen molar-refractivity contribution < 1.29 is 9.53 Å². The number of aryl methyl sites for hydroxylation is 1. The number of ether oxygens (including phenoxy) is 1. The van der Waals surface area contributed by atoms with Crippen molar-refractivity contribution in [1.82, 2.24) is 10.2 Å². The molecule has 0 saturated carbocycles. The third kappa shape index (κ3) is 5.96. The quantitative estimate of drug-likeness (QED) is 0.787. The molecule has 0 bridgehead atoms. The monoisotopic (exact) mass is 358 g/mol. The summed E-state index contributed by atoms with van der Waals surface area (Å²) in [6, 6.07) is 14.5. The van der Waals surface area contributed by atoms with Crippen LogP contribution in [0.5, 0.6) is 0 Å². The third-order valence-electron chi connectivity index (χ3n) is 4.49. The van der Waals surface area contributed by atoms with Gasteiger partial charge in [-0.05, 0) is 29.9 Å². The number of nitrogens with zero attached hydrogens (tertiary/aromatic N) is 1. The van der Waals surface area contributed by atoms with E-state index in [9.17, 15) is 4.79 Å². The molecule has 1 saturated heterocycles. The highest BCUT2D eigenvalue weighted by Crippen LogP contribution is 2.16. The van der Waals surface area contributed by atoms with Crippen LogP contribution in [0.15, 0.2) is 47.8 Å². The molecule has 3 rings (SSSR count). The Labute approximate surface area is 153 Å². The van der Waals surface area contributed by atoms with Crippen LogP contribution in [0.4, 0.5) is 0 Å². The van der Waals surface area contributed by atoms with Gasteiger partial charge in [-0.1, -0.05) is 36.4 Å². The second-order valence-corrected chi connectivity index (χ2v) is 7.41. The normalized spacial score (nSPS) is 16.5. The number of nitrogens with one attached hydrogen (secondary N) is 1. The van der Waals surface area contributed by atoms with Gasteiger partial charge < -0.3 is 10.1 Å². The van der Waals surface area contributed by atoms with Gasteiger partial charge in [0, 0.05) is 30.9 Å². The highest BCUT2D eigenvalue weighted by molar-refractivity contribution is 7.09. The maximum Gasteiger partial charge on any atom is 0.220 e. The van der Waals surface area contributed by atoms with Crippen molar-refractivity contribution in [2.45, 2.75) is 25.3 Å². The van der Waals surface area contributed by atoms with Gasteiger partial charge in [-0.15, -0.1) is 11.3 Å². The first-order valence-electron chi connectivity index (χ1n) is 8.98. The number of benzene rings is 1. The minimum Gasteiger partial charge on any atom is -0.379 e. The molecule has 1 amide bonds. The van der Waals surface area contributed by atoms with Gasteiger partial charge in [0.2, 0.25) is 5.91 Å². The molecular weight excluding hydrogens is 332 g/mol. The van der Waals surface area contributed by atoms with E-state index < -0.39 is 0 Å². The Hall–Kier alpha value is -1.69. The number of morpholine rings is 1. The lowest BCUT2D eigenvalue weighted by atomic mass is 10.1. The number of thiophene rings is 1. The van der Waals surface area contributed by atoms with Gasteiger partial charge in [0.25, 0.3) is 0 Å². The number of hydrogen-bond donors (Lipinski definition) is 1. The van der Waals surface area contributed by atoms with Crippen molar-refractivity contribution in [3.8, 4) is 0 Å². The molecule has 1 N–H and O–H groups in total. The first-order valence-corrected chi connectivity index (χ1v) is 9.86. The van der Waals surface area contributed by atoms with Crippen molar-refractivity contribution >= 4 is 17.2 Å². The molecule has 1 fully saturated rings. The van der Waals surface area contributed by atoms with Crippen LogP contribution in [0, 0.1) is 0 Å². The van der Waals surface area contributed by atoms with Gasteiger partial charge in [0.1, 0.15) is 0 Å². The van der Waals surface area contributed by atoms with E-state index in [0.717, 1.165) is 45.7 Å². The Morgan fingerprint density at radius 2 is 1.96 bits per heavy atom. The molecule has 1 unspecified atom stereocenters. The molecule has 0 spiro atoms. The fraction of sp³-hybridized carbons (Fsp3) is 0.450. The van der Waals surface area contributed by atoms with E-state index in [1.165, 1.54) is 10.4 Å². The van der Waals surface area contributed by atoms with Crippen LogP contribution in [-0.4, -0.2) is 43.7 Å². The maximum absolute atomic E-state index is 12.4. The van der Waals surface area contributed by atoms with Crippen LogP contribution < -0.4 is 5.32 Å². The van der Waals surface area contributed by atoms with Gasteiger partial charge in [0.05, 0.1) is 19.3 Å². The van der Waals surface area contributed by atoms with E-state index in [2.05, 4.69) is 39.9 Å². The topological polar surface area (TPSA) is 41.6 Å². The van der Waals surface area contributed by atoms with E-state index in [1.54, 1.807) is 11.3 Å². The molecule has 4 nitrogen and oxygen atoms in total. The first kappa shape index (κ1) is 18.1. The van der Waals surface area contributed by atoms with Gasteiger partial charge in [0.15, 0.2) is 0 Å². The highest BCUT2D eigenvalue weighted by atomic mass is 32.1. The molecule has 1 atom stereocenters. The summed E-state index contributed by atoms with van der Waals surface area (Å²) >= 11 is 1.76. The first-order chi connectivity index (χ1) is 12.3. The second-order valence-electron chi connectivity index (χ2n) is 6.38. The average Bonchev–Trinajstić information content (AvgIpc) is 3.16. The van der Waals surface area contributed by atoms with Crippen molar-refractivity contribution in [1.29, 1.82) is 0 Å². The number of carbonyl (C=O) groups is 1. The Morgan fingerprint density at radius 3 is 2.68 bits per heavy atom. The molecule has 25 heavy (non-hydrogen) atoms. The predicted octanol–water partition coefficient (Wildman–Crippen LogP) is 3.26. The van der Waals surface area contributed by atoms with Gasteiger partial charge in [-0.25, -0.2) is 0 Å². The molecule has 134 valence electrons. The molecule has 0 aliphatic carbocycles. The molecule has 1 aromatic heterocycles. The molecule has 1 aromatic carbocycles. The maximum atomic E-state index is 12.4. The lowest BCUT2D eigenvalue weighted by Crippen LogP contribution is -2.43. The standard InChI is InChI=1S/C20H26N2O2S/c23-20(10-4-8-18-9-5-15-25-18)21-19(17-6-2-1-3-7-17)16-22-11-13-24-14-12-22/h1-3,5-7,9,15,19H,4,8,10-14,16H2,(H,21,23). The van der Waals surface area contributed by atoms with Crippen LogP contribution in [0.25, 0.3) is 0 Å². The second kappa shape index (κ2) is 9.70. The van der Waals surface area contributed by atoms with Crippen LogP contribution >= 0.6 is 11.3 Å². The zero-order valence-electron chi connectivity index (χ0n) is 14.5. The summed E-state index contributed by atoms with van der Waals surface area (Å²) in [5, 5.41) is 5.33. The lowest BCUT2D eigenvalue weighted by molar-refractivity contribution is -0.122. The number of carbonyl (C=O) groups excluding carboxylic acids is 1. The molecular formula is C20H26N2O2S. The van der Waals surface area contributed by atoms with Crippen LogP contribution in [-0.2, 0) is 16.0 Å². The van der Waals surface area contributed by atoms with Crippen molar-refractivity contribution in [2.75, 3.05) is 32.8 Å². The van der Waals surface area contributed by atoms with Crippen LogP contribution in [0.3, 0.4) is 0 Å². The molecule has 2 aromatic rings. The third-order valence-corrected chi connectivity index (χ3v) is 5.42. The molecule has 5 heteroatoms. The van der Waals surface area contributed by atoms with E-state index >= 15 is 0 Å². The minimum atomic E-state index is 0.0357. The SMILES string of the molecule is O=C(CCCc1cccs1)NC(CN1CCOCC1)c1ccccc1. The summed E-state index contributed by atoms with van der Waals surface area (Å²) in [7, 11) is 0. The summed E-state index contributed by atoms with van der Waals surface area (Å²) in [6.45, 7) is 4.24. The van der Waals surface area contributed by atoms with Crippen molar-refractivity contribution in [3.05, 3.63) is 58.3 Å². The molecule has 2 heterocycles. The number of amides is 1. The summed E-state index contributed by atoms with van der Waals surface area (Å²) in [5.74, 6) is 0.138. The molecule has 1 aliphatic heterocycles. The number of rotatable bonds is 8. The molecule has 0 radical (unpaired) electrons. The van der Waals surface area contributed by atoms with E-state index in [0.29, 0.717) is 6.42 Å². The summed E-state index contributed by atoms with van der Waals surface area (Å²) in [6.07, 6.45) is 2.44. The minimum absolute atomic E-state index is 0.0357. The zero-order valence-corrected chi connectivity index (χ0v) is 15.3. The summed E-state index contributed by atoms with van der Waals surface area (Å²) in [4.78, 5) is 16.2. The van der Waals surface area contributed by atoms with Crippen molar-refractivity contribution in [2.24, 2.45) is 0 Å². The lowest BCUT2D eigenvalue weighted by Gasteiger charge is -2.31. The molecule has 1 aliphatic rings. The number of hydrogen-bond acceptors (Lipinski definition) is 4. The smallest absolute Gasteiger partial charge is 0.220 e. The fourth-order valence-corrected chi connectivity index (χ4v) is 3.86. The van der Waals surface area contributed by atoms with E-state index in [1.807, 2.05) is 18.2 Å². The van der Waals surface area contributed by atoms with E-state index in [4.69, 9.17) is 4.74 Å². The van der Waals surface area contributed by atoms with E-state index in [-0.39, 0.29) is 11.9 Å². The Balaban J connectivity index is 1.53. The zero-order chi connectivity index (χ0) is 17.3. The fourth-order valence-electron chi connectivity index (χ4n) is 3.11. The Morgan fingerprint density at radius 1 is 1.16 bits per heavy atom. The predicted molar refractivity (Wildman–Crippen MR) is 102 cm³/mol. The van der Waals surface area contributed by atoms with Gasteiger partial charge >= 0.3 is 0 Å². The Bertz CT molecular complexity index is 624. The largest absolute Gasteiger partial charge is 0.379 e. The van der Waals surface area contributed by atoms with Crippen molar-refractivity contribution in [3.63, 3.8) is 0 Å².